The molecule has 1 aromatic carbocycles. The molecule has 0 N–H and O–H groups in total. The molecule has 0 amide bonds. The molecule has 140 valence electrons. The Bertz CT molecular complexity index is 740. The van der Waals surface area contributed by atoms with Crippen LogP contribution in [0, 0.1) is 0 Å². The second kappa shape index (κ2) is 9.72. The van der Waals surface area contributed by atoms with Gasteiger partial charge in [-0.1, -0.05) is 30.3 Å². The minimum absolute atomic E-state index is 0.0454. The molecule has 0 bridgehead atoms. The second-order valence-electron chi connectivity index (χ2n) is 5.38. The summed E-state index contributed by atoms with van der Waals surface area (Å²) in [5, 5.41) is 0. The van der Waals surface area contributed by atoms with Crippen LogP contribution in [-0.4, -0.2) is 41.3 Å². The van der Waals surface area contributed by atoms with E-state index in [-0.39, 0.29) is 31.2 Å². The fourth-order valence-corrected chi connectivity index (χ4v) is 2.49. The summed E-state index contributed by atoms with van der Waals surface area (Å²) in [4.78, 5) is 29.2. The second-order valence-corrected chi connectivity index (χ2v) is 5.38. The highest BCUT2D eigenvalue weighted by Crippen LogP contribution is 2.18. The van der Waals surface area contributed by atoms with Crippen LogP contribution in [0.25, 0.3) is 0 Å². The van der Waals surface area contributed by atoms with Gasteiger partial charge in [0, 0.05) is 13.2 Å². The number of rotatable bonds is 9. The van der Waals surface area contributed by atoms with Gasteiger partial charge in [0.25, 0.3) is 0 Å². The molecular formula is C19H24N2O5. The molecule has 0 atom stereocenters. The smallest absolute Gasteiger partial charge is 0.359 e. The predicted octanol–water partition coefficient (Wildman–Crippen LogP) is 2.82. The normalized spacial score (nSPS) is 10.6. The van der Waals surface area contributed by atoms with Crippen molar-refractivity contribution in [3.05, 3.63) is 53.1 Å². The molecule has 0 radical (unpaired) electrons. The number of nitrogens with zero attached hydrogens (tertiary/aromatic N) is 2. The van der Waals surface area contributed by atoms with Crippen molar-refractivity contribution < 1.29 is 23.8 Å². The van der Waals surface area contributed by atoms with Crippen molar-refractivity contribution in [2.45, 2.75) is 33.9 Å². The van der Waals surface area contributed by atoms with Crippen LogP contribution < -0.4 is 0 Å². The third-order valence-electron chi connectivity index (χ3n) is 3.60. The zero-order chi connectivity index (χ0) is 18.9. The monoisotopic (exact) mass is 360 g/mol. The number of esters is 2. The molecule has 0 saturated heterocycles. The van der Waals surface area contributed by atoms with E-state index in [1.165, 1.54) is 0 Å². The van der Waals surface area contributed by atoms with Crippen molar-refractivity contribution in [3.8, 4) is 0 Å². The van der Waals surface area contributed by atoms with E-state index < -0.39 is 11.9 Å². The first-order chi connectivity index (χ1) is 12.6. The fourth-order valence-electron chi connectivity index (χ4n) is 2.49. The summed E-state index contributed by atoms with van der Waals surface area (Å²) in [6, 6.07) is 9.59. The zero-order valence-corrected chi connectivity index (χ0v) is 15.4. The highest BCUT2D eigenvalue weighted by atomic mass is 16.5. The van der Waals surface area contributed by atoms with Gasteiger partial charge in [0.15, 0.2) is 11.4 Å². The Morgan fingerprint density at radius 3 is 2.23 bits per heavy atom. The maximum atomic E-state index is 12.5. The van der Waals surface area contributed by atoms with E-state index in [2.05, 4.69) is 4.98 Å². The van der Waals surface area contributed by atoms with Crippen molar-refractivity contribution in [3.63, 3.8) is 0 Å². The van der Waals surface area contributed by atoms with Crippen LogP contribution in [0.5, 0.6) is 0 Å². The minimum atomic E-state index is -0.653. The highest BCUT2D eigenvalue weighted by molar-refractivity contribution is 6.01. The van der Waals surface area contributed by atoms with E-state index in [4.69, 9.17) is 14.2 Å². The van der Waals surface area contributed by atoms with Crippen LogP contribution in [0.2, 0.25) is 0 Å². The van der Waals surface area contributed by atoms with Crippen LogP contribution in [0.4, 0.5) is 0 Å². The lowest BCUT2D eigenvalue weighted by atomic mass is 10.2. The number of hydrogen-bond donors (Lipinski definition) is 0. The van der Waals surface area contributed by atoms with Crippen molar-refractivity contribution in [1.29, 1.82) is 0 Å². The van der Waals surface area contributed by atoms with Crippen LogP contribution in [0.15, 0.2) is 30.3 Å². The number of imidazole rings is 1. The van der Waals surface area contributed by atoms with Gasteiger partial charge in [-0.3, -0.25) is 0 Å². The molecular weight excluding hydrogens is 336 g/mol. The molecule has 0 aliphatic carbocycles. The summed E-state index contributed by atoms with van der Waals surface area (Å²) in [5.41, 5.74) is 1.00. The Hall–Kier alpha value is -2.67. The van der Waals surface area contributed by atoms with Crippen molar-refractivity contribution in [2.75, 3.05) is 19.8 Å². The molecule has 7 nitrogen and oxygen atoms in total. The molecule has 1 aromatic heterocycles. The third kappa shape index (κ3) is 4.70. The number of hydrogen-bond acceptors (Lipinski definition) is 6. The average molecular weight is 360 g/mol. The first kappa shape index (κ1) is 19.7. The third-order valence-corrected chi connectivity index (χ3v) is 3.60. The lowest BCUT2D eigenvalue weighted by Gasteiger charge is -2.12. The summed E-state index contributed by atoms with van der Waals surface area (Å²) < 4.78 is 17.3. The van der Waals surface area contributed by atoms with Gasteiger partial charge in [0.2, 0.25) is 0 Å². The van der Waals surface area contributed by atoms with E-state index in [9.17, 15) is 9.59 Å². The number of carbonyl (C=O) groups excluding carboxylic acids is 2. The molecule has 26 heavy (non-hydrogen) atoms. The fraction of sp³-hybridized carbons (Fsp3) is 0.421. The number of aromatic nitrogens is 2. The Labute approximate surface area is 152 Å². The van der Waals surface area contributed by atoms with Gasteiger partial charge in [-0.15, -0.1) is 0 Å². The summed E-state index contributed by atoms with van der Waals surface area (Å²) in [6.45, 7) is 6.68. The van der Waals surface area contributed by atoms with E-state index in [0.717, 1.165) is 5.56 Å². The van der Waals surface area contributed by atoms with Crippen LogP contribution in [0.1, 0.15) is 53.1 Å². The van der Waals surface area contributed by atoms with Crippen LogP contribution in [-0.2, 0) is 27.4 Å². The van der Waals surface area contributed by atoms with Crippen molar-refractivity contribution in [2.24, 2.45) is 0 Å². The van der Waals surface area contributed by atoms with Gasteiger partial charge < -0.3 is 18.8 Å². The lowest BCUT2D eigenvalue weighted by Crippen LogP contribution is -2.19. The van der Waals surface area contributed by atoms with E-state index in [1.54, 1.807) is 18.4 Å². The number of carbonyl (C=O) groups is 2. The van der Waals surface area contributed by atoms with E-state index in [1.807, 2.05) is 37.3 Å². The molecule has 0 aliphatic heterocycles. The molecule has 1 heterocycles. The van der Waals surface area contributed by atoms with Crippen molar-refractivity contribution in [1.82, 2.24) is 9.55 Å². The van der Waals surface area contributed by atoms with Gasteiger partial charge >= 0.3 is 11.9 Å². The summed E-state index contributed by atoms with van der Waals surface area (Å²) in [7, 11) is 0. The topological polar surface area (TPSA) is 79.7 Å². The van der Waals surface area contributed by atoms with Gasteiger partial charge in [0.05, 0.1) is 13.2 Å². The summed E-state index contributed by atoms with van der Waals surface area (Å²) in [5.74, 6) is -0.788. The van der Waals surface area contributed by atoms with Crippen molar-refractivity contribution >= 4 is 11.9 Å². The van der Waals surface area contributed by atoms with E-state index >= 15 is 0 Å². The summed E-state index contributed by atoms with van der Waals surface area (Å²) >= 11 is 0. The number of ether oxygens (including phenoxy) is 3. The van der Waals surface area contributed by atoms with Gasteiger partial charge in [-0.25, -0.2) is 14.6 Å². The molecule has 0 aliphatic rings. The predicted molar refractivity (Wildman–Crippen MR) is 95.0 cm³/mol. The molecule has 2 rings (SSSR count). The molecule has 0 fully saturated rings. The Morgan fingerprint density at radius 2 is 1.62 bits per heavy atom. The largest absolute Gasteiger partial charge is 0.461 e. The Morgan fingerprint density at radius 1 is 0.962 bits per heavy atom. The maximum absolute atomic E-state index is 12.5. The maximum Gasteiger partial charge on any atom is 0.359 e. The minimum Gasteiger partial charge on any atom is -0.461 e. The van der Waals surface area contributed by atoms with Crippen LogP contribution in [0.3, 0.4) is 0 Å². The quantitative estimate of drug-likeness (QED) is 0.640. The van der Waals surface area contributed by atoms with E-state index in [0.29, 0.717) is 19.0 Å². The Balaban J connectivity index is 2.54. The molecule has 0 spiro atoms. The van der Waals surface area contributed by atoms with Gasteiger partial charge in [-0.05, 0) is 26.3 Å². The first-order valence-electron chi connectivity index (χ1n) is 8.67. The summed E-state index contributed by atoms with van der Waals surface area (Å²) in [6.07, 6.45) is 0. The zero-order valence-electron chi connectivity index (χ0n) is 15.4. The first-order valence-corrected chi connectivity index (χ1v) is 8.67. The molecule has 7 heteroatoms. The number of benzene rings is 1. The SMILES string of the molecule is CCOCc1nc(C(=O)OCC)c(C(=O)OCC)n1Cc1ccccc1. The lowest BCUT2D eigenvalue weighted by molar-refractivity contribution is 0.0467. The van der Waals surface area contributed by atoms with Crippen LogP contribution >= 0.6 is 0 Å². The van der Waals surface area contributed by atoms with Gasteiger partial charge in [-0.2, -0.15) is 0 Å². The average Bonchev–Trinajstić information content (AvgIpc) is 2.99. The standard InChI is InChI=1S/C19H24N2O5/c1-4-24-13-15-20-16(18(22)25-5-2)17(19(23)26-6-3)21(15)12-14-10-8-7-9-11-14/h7-11H,4-6,12-13H2,1-3H3. The van der Waals surface area contributed by atoms with Gasteiger partial charge in [0.1, 0.15) is 12.4 Å². The Kier molecular flexibility index (Phi) is 7.35. The molecule has 0 unspecified atom stereocenters. The highest BCUT2D eigenvalue weighted by Gasteiger charge is 2.29. The molecule has 0 saturated carbocycles. The molecule has 2 aromatic rings.